The molecule has 1 N–H and O–H groups in total. The third kappa shape index (κ3) is 5.85. The molecule has 3 unspecified atom stereocenters. The Morgan fingerprint density at radius 3 is 2.29 bits per heavy atom. The maximum absolute atomic E-state index is 13.6. The van der Waals surface area contributed by atoms with Crippen LogP contribution < -0.4 is 10.2 Å². The Bertz CT molecular complexity index is 943. The molecule has 0 spiro atoms. The molecule has 2 saturated heterocycles. The largest absolute Gasteiger partial charge is 0.378 e. The smallest absolute Gasteiger partial charge is 0.251 e. The molecule has 1 aromatic rings. The summed E-state index contributed by atoms with van der Waals surface area (Å²) < 4.78 is 0. The minimum Gasteiger partial charge on any atom is -0.378 e. The lowest BCUT2D eigenvalue weighted by atomic mass is 10.0. The van der Waals surface area contributed by atoms with E-state index in [0.29, 0.717) is 24.9 Å². The van der Waals surface area contributed by atoms with E-state index < -0.39 is 12.1 Å². The lowest BCUT2D eigenvalue weighted by molar-refractivity contribution is -0.138. The van der Waals surface area contributed by atoms with Crippen molar-refractivity contribution < 1.29 is 19.2 Å². The van der Waals surface area contributed by atoms with Crippen molar-refractivity contribution in [3.8, 4) is 0 Å². The maximum atomic E-state index is 13.6. The molecule has 3 amide bonds. The highest BCUT2D eigenvalue weighted by Gasteiger charge is 2.52. The van der Waals surface area contributed by atoms with Crippen molar-refractivity contribution in [2.24, 2.45) is 11.8 Å². The van der Waals surface area contributed by atoms with Crippen molar-refractivity contribution in [1.29, 1.82) is 0 Å². The second-order valence-corrected chi connectivity index (χ2v) is 10.6. The molecule has 2 aliphatic rings. The van der Waals surface area contributed by atoms with Gasteiger partial charge >= 0.3 is 0 Å². The van der Waals surface area contributed by atoms with E-state index >= 15 is 0 Å². The second-order valence-electron chi connectivity index (χ2n) is 10.6. The molecule has 1 aromatic carbocycles. The van der Waals surface area contributed by atoms with Gasteiger partial charge in [0.1, 0.15) is 12.1 Å². The first-order chi connectivity index (χ1) is 16.5. The van der Waals surface area contributed by atoms with Crippen LogP contribution in [0.5, 0.6) is 0 Å². The number of likely N-dealkylation sites (tertiary alicyclic amines) is 2. The number of hydrogen-bond donors (Lipinski definition) is 1. The van der Waals surface area contributed by atoms with Gasteiger partial charge < -0.3 is 20.0 Å². The lowest BCUT2D eigenvalue weighted by Gasteiger charge is -2.29. The molecule has 8 heteroatoms. The van der Waals surface area contributed by atoms with Gasteiger partial charge in [-0.2, -0.15) is 0 Å². The molecule has 2 heterocycles. The van der Waals surface area contributed by atoms with Crippen LogP contribution >= 0.6 is 0 Å². The van der Waals surface area contributed by atoms with Crippen LogP contribution in [0.25, 0.3) is 0 Å². The molecule has 8 nitrogen and oxygen atoms in total. The monoisotopic (exact) mass is 484 g/mol. The van der Waals surface area contributed by atoms with E-state index in [1.54, 1.807) is 21.9 Å². The van der Waals surface area contributed by atoms with E-state index in [9.17, 15) is 19.2 Å². The zero-order valence-electron chi connectivity index (χ0n) is 21.9. The predicted octanol–water partition coefficient (Wildman–Crippen LogP) is 2.71. The highest BCUT2D eigenvalue weighted by molar-refractivity contribution is 6.01. The summed E-state index contributed by atoms with van der Waals surface area (Å²) in [4.78, 5) is 57.8. The Morgan fingerprint density at radius 2 is 1.71 bits per heavy atom. The van der Waals surface area contributed by atoms with Gasteiger partial charge in [-0.1, -0.05) is 34.1 Å². The number of anilines is 1. The first-order valence-electron chi connectivity index (χ1n) is 12.8. The first-order valence-corrected chi connectivity index (χ1v) is 12.8. The Labute approximate surface area is 209 Å². The summed E-state index contributed by atoms with van der Waals surface area (Å²) >= 11 is 0. The fourth-order valence-electron chi connectivity index (χ4n) is 5.24. The normalized spacial score (nSPS) is 21.2. The molecule has 0 bridgehead atoms. The van der Waals surface area contributed by atoms with Crippen LogP contribution in [0, 0.1) is 11.8 Å². The van der Waals surface area contributed by atoms with Crippen LogP contribution in [0.15, 0.2) is 24.3 Å². The van der Waals surface area contributed by atoms with Crippen molar-refractivity contribution in [2.75, 3.05) is 32.1 Å². The Kier molecular flexibility index (Phi) is 8.56. The van der Waals surface area contributed by atoms with Gasteiger partial charge in [-0.15, -0.1) is 0 Å². The van der Waals surface area contributed by atoms with Crippen molar-refractivity contribution in [2.45, 2.75) is 71.5 Å². The number of nitrogens with zero attached hydrogens (tertiary/aromatic N) is 3. The summed E-state index contributed by atoms with van der Waals surface area (Å²) in [5, 5.41) is 2.92. The summed E-state index contributed by atoms with van der Waals surface area (Å²) in [6, 6.07) is 5.59. The number of nitrogens with one attached hydrogen (secondary N) is 1. The van der Waals surface area contributed by atoms with Crippen molar-refractivity contribution in [3.05, 3.63) is 29.8 Å². The van der Waals surface area contributed by atoms with Gasteiger partial charge in [0, 0.05) is 37.8 Å². The van der Waals surface area contributed by atoms with Gasteiger partial charge in [-0.05, 0) is 49.4 Å². The topological polar surface area (TPSA) is 90.0 Å². The van der Waals surface area contributed by atoms with Crippen LogP contribution in [-0.4, -0.2) is 78.6 Å². The average molecular weight is 485 g/mol. The second kappa shape index (κ2) is 11.2. The molecule has 0 radical (unpaired) electrons. The lowest BCUT2D eigenvalue weighted by Crippen LogP contribution is -2.53. The van der Waals surface area contributed by atoms with E-state index in [1.807, 2.05) is 58.8 Å². The minimum absolute atomic E-state index is 0.00444. The average Bonchev–Trinajstić information content (AvgIpc) is 3.39. The molecule has 4 atom stereocenters. The number of benzene rings is 1. The fourth-order valence-corrected chi connectivity index (χ4v) is 5.24. The number of rotatable bonds is 9. The van der Waals surface area contributed by atoms with E-state index in [4.69, 9.17) is 0 Å². The zero-order valence-corrected chi connectivity index (χ0v) is 21.9. The summed E-state index contributed by atoms with van der Waals surface area (Å²) in [6.07, 6.45) is 2.74. The van der Waals surface area contributed by atoms with Gasteiger partial charge in [-0.3, -0.25) is 19.2 Å². The highest BCUT2D eigenvalue weighted by Crippen LogP contribution is 2.32. The molecule has 0 saturated carbocycles. The van der Waals surface area contributed by atoms with Crippen LogP contribution in [-0.2, 0) is 14.4 Å². The van der Waals surface area contributed by atoms with E-state index in [0.717, 1.165) is 18.5 Å². The number of fused-ring (bicyclic) bond motifs is 1. The number of ketones is 1. The van der Waals surface area contributed by atoms with Gasteiger partial charge in [0.2, 0.25) is 11.8 Å². The number of Topliss-reactive ketones (excluding diaryl/α,β-unsaturated/α-hetero) is 1. The van der Waals surface area contributed by atoms with Crippen LogP contribution in [0.4, 0.5) is 5.69 Å². The Balaban J connectivity index is 1.75. The fraction of sp³-hybridized carbons (Fsp3) is 0.630. The van der Waals surface area contributed by atoms with Gasteiger partial charge in [0.15, 0.2) is 5.78 Å². The molecule has 3 rings (SSSR count). The number of amides is 3. The third-order valence-electron chi connectivity index (χ3n) is 7.09. The summed E-state index contributed by atoms with van der Waals surface area (Å²) in [5.41, 5.74) is 1.46. The Morgan fingerprint density at radius 1 is 1.06 bits per heavy atom. The van der Waals surface area contributed by atoms with Gasteiger partial charge in [-0.25, -0.2) is 0 Å². The van der Waals surface area contributed by atoms with Crippen LogP contribution in [0.3, 0.4) is 0 Å². The number of hydrogen-bond acceptors (Lipinski definition) is 5. The van der Waals surface area contributed by atoms with Gasteiger partial charge in [0.25, 0.3) is 5.91 Å². The minimum atomic E-state index is -0.730. The predicted molar refractivity (Wildman–Crippen MR) is 136 cm³/mol. The van der Waals surface area contributed by atoms with Crippen molar-refractivity contribution >= 4 is 29.2 Å². The number of carbonyl (C=O) groups excluding carboxylic acids is 4. The third-order valence-corrected chi connectivity index (χ3v) is 7.09. The Hall–Kier alpha value is -2.90. The first kappa shape index (κ1) is 26.7. The molecule has 35 heavy (non-hydrogen) atoms. The molecule has 2 fully saturated rings. The summed E-state index contributed by atoms with van der Waals surface area (Å²) in [7, 11) is 3.86. The van der Waals surface area contributed by atoms with Gasteiger partial charge in [0.05, 0.1) is 12.6 Å². The molecular formula is C27H40N4O4. The summed E-state index contributed by atoms with van der Waals surface area (Å²) in [6.45, 7) is 8.42. The highest BCUT2D eigenvalue weighted by atomic mass is 16.2. The van der Waals surface area contributed by atoms with Crippen LogP contribution in [0.1, 0.15) is 63.7 Å². The van der Waals surface area contributed by atoms with E-state index in [-0.39, 0.29) is 47.9 Å². The zero-order chi connectivity index (χ0) is 25.9. The SMILES string of the molecule is CCCC(C)C(=O)N1CC(=O)C2C1CCN2C(=O)[C@H](CC(C)C)NC(=O)c1ccc(N(C)C)cc1. The van der Waals surface area contributed by atoms with Crippen molar-refractivity contribution in [1.82, 2.24) is 15.1 Å². The molecular weight excluding hydrogens is 444 g/mol. The van der Waals surface area contributed by atoms with Crippen molar-refractivity contribution in [3.63, 3.8) is 0 Å². The van der Waals surface area contributed by atoms with E-state index in [2.05, 4.69) is 5.32 Å². The molecule has 0 aromatic heterocycles. The number of carbonyl (C=O) groups is 4. The molecule has 2 aliphatic heterocycles. The quantitative estimate of drug-likeness (QED) is 0.582. The maximum Gasteiger partial charge on any atom is 0.251 e. The standard InChI is InChI=1S/C27H40N4O4/c1-7-8-18(4)26(34)31-16-23(32)24-22(31)13-14-30(24)27(35)21(15-17(2)3)28-25(33)19-9-11-20(12-10-19)29(5)6/h9-12,17-18,21-22,24H,7-8,13-16H2,1-6H3,(H,28,33)/t18?,21-,22?,24?/m0/s1. The summed E-state index contributed by atoms with van der Waals surface area (Å²) in [5.74, 6) is -0.613. The molecule has 0 aliphatic carbocycles. The van der Waals surface area contributed by atoms with E-state index in [1.165, 1.54) is 0 Å². The van der Waals surface area contributed by atoms with Crippen LogP contribution in [0.2, 0.25) is 0 Å². The molecule has 192 valence electrons.